The van der Waals surface area contributed by atoms with Crippen LogP contribution in [0.5, 0.6) is 0 Å². The molecule has 0 amide bonds. The molecule has 0 aromatic rings. The number of unbranched alkanes of at least 4 members (excludes halogenated alkanes) is 39. The minimum Gasteiger partial charge on any atom is -0.462 e. The quantitative estimate of drug-likeness (QED) is 0.0261. The van der Waals surface area contributed by atoms with E-state index in [0.29, 0.717) is 19.3 Å². The highest BCUT2D eigenvalue weighted by atomic mass is 16.6. The van der Waals surface area contributed by atoms with Crippen molar-refractivity contribution < 1.29 is 28.6 Å². The zero-order valence-electron chi connectivity index (χ0n) is 53.8. The fourth-order valence-corrected chi connectivity index (χ4v) is 10.2. The number of carbonyl (C=O) groups excluding carboxylic acids is 3. The Morgan fingerprint density at radius 3 is 0.765 bits per heavy atom. The summed E-state index contributed by atoms with van der Waals surface area (Å²) in [4.78, 5) is 38.5. The van der Waals surface area contributed by atoms with Crippen molar-refractivity contribution >= 4 is 17.9 Å². The van der Waals surface area contributed by atoms with Crippen LogP contribution in [0.2, 0.25) is 0 Å². The van der Waals surface area contributed by atoms with Crippen LogP contribution in [0.3, 0.4) is 0 Å². The van der Waals surface area contributed by atoms with Gasteiger partial charge >= 0.3 is 17.9 Å². The number of allylic oxidation sites excluding steroid dienone is 14. The number of ether oxygens (including phenoxy) is 3. The predicted octanol–water partition coefficient (Wildman–Crippen LogP) is 24.2. The predicted molar refractivity (Wildman–Crippen MR) is 353 cm³/mol. The van der Waals surface area contributed by atoms with E-state index in [1.54, 1.807) is 0 Å². The van der Waals surface area contributed by atoms with E-state index in [0.717, 1.165) is 103 Å². The van der Waals surface area contributed by atoms with Gasteiger partial charge in [0.1, 0.15) is 13.2 Å². The average Bonchev–Trinajstić information content (AvgIpc) is 3.47. The van der Waals surface area contributed by atoms with E-state index in [1.165, 1.54) is 212 Å². The van der Waals surface area contributed by atoms with Crippen LogP contribution in [0, 0.1) is 0 Å². The maximum absolute atomic E-state index is 13.0. The third kappa shape index (κ3) is 67.3. The fraction of sp³-hybridized carbons (Fsp3) is 0.773. The standard InChI is InChI=1S/C75H132O6/c1-4-7-10-13-16-19-22-25-28-31-34-35-36-37-38-39-40-41-42-45-47-50-53-56-59-62-65-68-74(77)80-71-72(81-75(78)69-66-63-60-57-54-51-48-44-33-30-27-24-21-18-15-12-9-6-3)70-79-73(76)67-64-61-58-55-52-49-46-43-32-29-26-23-20-17-14-11-8-5-2/h7,10,16,19,25,28,30,33-35,37-38,40-41,72H,4-6,8-9,11-15,17-18,20-24,26-27,29,31-32,36,39,42-71H2,1-3H3/b10-7-,19-16-,28-25-,33-30-,35-34-,38-37-,41-40-. The van der Waals surface area contributed by atoms with Gasteiger partial charge in [-0.15, -0.1) is 0 Å². The number of carbonyl (C=O) groups is 3. The lowest BCUT2D eigenvalue weighted by Crippen LogP contribution is -2.30. The summed E-state index contributed by atoms with van der Waals surface area (Å²) < 4.78 is 17.0. The van der Waals surface area contributed by atoms with Gasteiger partial charge in [-0.05, 0) is 96.3 Å². The highest BCUT2D eigenvalue weighted by Gasteiger charge is 2.19. The average molecular weight is 1130 g/mol. The monoisotopic (exact) mass is 1130 g/mol. The van der Waals surface area contributed by atoms with Gasteiger partial charge in [-0.25, -0.2) is 0 Å². The molecule has 468 valence electrons. The molecular weight excluding hydrogens is 997 g/mol. The molecule has 0 fully saturated rings. The molecular formula is C75H132O6. The van der Waals surface area contributed by atoms with Gasteiger partial charge in [0.2, 0.25) is 0 Å². The molecule has 1 unspecified atom stereocenters. The van der Waals surface area contributed by atoms with Crippen LogP contribution >= 0.6 is 0 Å². The van der Waals surface area contributed by atoms with Crippen molar-refractivity contribution in [1.29, 1.82) is 0 Å². The Kier molecular flexibility index (Phi) is 66.2. The summed E-state index contributed by atoms with van der Waals surface area (Å²) in [5.41, 5.74) is 0. The van der Waals surface area contributed by atoms with Crippen LogP contribution < -0.4 is 0 Å². The summed E-state index contributed by atoms with van der Waals surface area (Å²) >= 11 is 0. The van der Waals surface area contributed by atoms with Crippen molar-refractivity contribution in [2.75, 3.05) is 13.2 Å². The van der Waals surface area contributed by atoms with E-state index < -0.39 is 6.10 Å². The molecule has 0 radical (unpaired) electrons. The summed E-state index contributed by atoms with van der Waals surface area (Å²) in [5, 5.41) is 0. The van der Waals surface area contributed by atoms with Gasteiger partial charge < -0.3 is 14.2 Å². The van der Waals surface area contributed by atoms with Crippen LogP contribution in [-0.2, 0) is 28.6 Å². The molecule has 0 aliphatic carbocycles. The Balaban J connectivity index is 4.35. The Morgan fingerprint density at radius 2 is 0.481 bits per heavy atom. The molecule has 0 saturated heterocycles. The molecule has 0 heterocycles. The normalized spacial score (nSPS) is 12.6. The molecule has 0 rings (SSSR count). The second-order valence-electron chi connectivity index (χ2n) is 23.4. The minimum atomic E-state index is -0.783. The number of rotatable bonds is 64. The molecule has 6 heteroatoms. The van der Waals surface area contributed by atoms with Crippen molar-refractivity contribution in [3.63, 3.8) is 0 Å². The van der Waals surface area contributed by atoms with Crippen LogP contribution in [0.15, 0.2) is 85.1 Å². The van der Waals surface area contributed by atoms with Gasteiger partial charge in [0.05, 0.1) is 0 Å². The van der Waals surface area contributed by atoms with Crippen molar-refractivity contribution in [2.45, 2.75) is 361 Å². The fourth-order valence-electron chi connectivity index (χ4n) is 10.2. The Labute approximate surface area is 503 Å². The van der Waals surface area contributed by atoms with E-state index >= 15 is 0 Å². The molecule has 0 aliphatic heterocycles. The van der Waals surface area contributed by atoms with E-state index in [4.69, 9.17) is 14.2 Å². The van der Waals surface area contributed by atoms with E-state index in [-0.39, 0.29) is 31.1 Å². The zero-order chi connectivity index (χ0) is 58.5. The van der Waals surface area contributed by atoms with Gasteiger partial charge in [-0.1, -0.05) is 324 Å². The van der Waals surface area contributed by atoms with E-state index in [9.17, 15) is 14.4 Å². The Morgan fingerprint density at radius 1 is 0.259 bits per heavy atom. The maximum atomic E-state index is 13.0. The minimum absolute atomic E-state index is 0.0768. The molecule has 81 heavy (non-hydrogen) atoms. The maximum Gasteiger partial charge on any atom is 0.306 e. The van der Waals surface area contributed by atoms with Crippen molar-refractivity contribution in [3.05, 3.63) is 85.1 Å². The highest BCUT2D eigenvalue weighted by molar-refractivity contribution is 5.71. The topological polar surface area (TPSA) is 78.9 Å². The number of esters is 3. The lowest BCUT2D eigenvalue weighted by molar-refractivity contribution is -0.167. The SMILES string of the molecule is CC/C=C\C/C=C\C/C=C\C/C=C\C/C=C\C/C=C\CCCCCCCCCCC(=O)OCC(COC(=O)CCCCCCCCCCCCCCCCCCCC)OC(=O)CCCCCCCCC/C=C\CCCCCCCCC. The molecule has 0 aromatic carbocycles. The number of hydrogen-bond donors (Lipinski definition) is 0. The molecule has 0 aliphatic rings. The van der Waals surface area contributed by atoms with Gasteiger partial charge in [-0.3, -0.25) is 14.4 Å². The summed E-state index contributed by atoms with van der Waals surface area (Å²) in [7, 11) is 0. The van der Waals surface area contributed by atoms with Crippen LogP contribution in [0.1, 0.15) is 355 Å². The molecule has 0 aromatic heterocycles. The largest absolute Gasteiger partial charge is 0.462 e. The molecule has 1 atom stereocenters. The second-order valence-corrected chi connectivity index (χ2v) is 23.4. The first kappa shape index (κ1) is 77.6. The lowest BCUT2D eigenvalue weighted by Gasteiger charge is -2.18. The van der Waals surface area contributed by atoms with E-state index in [1.807, 2.05) is 0 Å². The van der Waals surface area contributed by atoms with Gasteiger partial charge in [-0.2, -0.15) is 0 Å². The first-order chi connectivity index (χ1) is 40.0. The zero-order valence-corrected chi connectivity index (χ0v) is 53.8. The molecule has 0 N–H and O–H groups in total. The summed E-state index contributed by atoms with van der Waals surface area (Å²) in [6.07, 6.45) is 91.7. The third-order valence-corrected chi connectivity index (χ3v) is 15.4. The molecule has 6 nitrogen and oxygen atoms in total. The molecule has 0 bridgehead atoms. The Hall–Kier alpha value is -3.41. The number of hydrogen-bond acceptors (Lipinski definition) is 6. The first-order valence-electron chi connectivity index (χ1n) is 35.1. The smallest absolute Gasteiger partial charge is 0.306 e. The first-order valence-corrected chi connectivity index (χ1v) is 35.1. The van der Waals surface area contributed by atoms with Crippen molar-refractivity contribution in [1.82, 2.24) is 0 Å². The van der Waals surface area contributed by atoms with Gasteiger partial charge in [0, 0.05) is 19.3 Å². The summed E-state index contributed by atoms with van der Waals surface area (Å²) in [5.74, 6) is -0.869. The summed E-state index contributed by atoms with van der Waals surface area (Å²) in [6.45, 7) is 6.57. The van der Waals surface area contributed by atoms with Crippen molar-refractivity contribution in [3.8, 4) is 0 Å². The van der Waals surface area contributed by atoms with Gasteiger partial charge in [0.15, 0.2) is 6.10 Å². The van der Waals surface area contributed by atoms with E-state index in [2.05, 4.69) is 106 Å². The molecule has 0 spiro atoms. The lowest BCUT2D eigenvalue weighted by atomic mass is 10.0. The molecule has 0 saturated carbocycles. The highest BCUT2D eigenvalue weighted by Crippen LogP contribution is 2.17. The van der Waals surface area contributed by atoms with Crippen LogP contribution in [0.25, 0.3) is 0 Å². The summed E-state index contributed by atoms with van der Waals surface area (Å²) in [6, 6.07) is 0. The van der Waals surface area contributed by atoms with Crippen molar-refractivity contribution in [2.24, 2.45) is 0 Å². The van der Waals surface area contributed by atoms with Crippen LogP contribution in [-0.4, -0.2) is 37.2 Å². The van der Waals surface area contributed by atoms with Gasteiger partial charge in [0.25, 0.3) is 0 Å². The Bertz CT molecular complexity index is 1530. The second kappa shape index (κ2) is 69.1. The van der Waals surface area contributed by atoms with Crippen LogP contribution in [0.4, 0.5) is 0 Å². The third-order valence-electron chi connectivity index (χ3n) is 15.4.